The van der Waals surface area contributed by atoms with Crippen molar-refractivity contribution in [2.24, 2.45) is 0 Å². The molecular weight excluding hydrogens is 510 g/mol. The molecule has 1 saturated heterocycles. The van der Waals surface area contributed by atoms with Crippen LogP contribution >= 0.6 is 11.3 Å². The predicted molar refractivity (Wildman–Crippen MR) is 140 cm³/mol. The van der Waals surface area contributed by atoms with Gasteiger partial charge in [-0.1, -0.05) is 17.4 Å². The molecule has 6 rings (SSSR count). The Kier molecular flexibility index (Phi) is 5.57. The van der Waals surface area contributed by atoms with Crippen LogP contribution in [0, 0.1) is 17.0 Å². The van der Waals surface area contributed by atoms with E-state index in [1.165, 1.54) is 40.5 Å². The number of aliphatic hydroxyl groups excluding tert-OH is 1. The van der Waals surface area contributed by atoms with Crippen LogP contribution in [0.5, 0.6) is 11.5 Å². The number of amides is 1. The molecule has 2 aliphatic rings. The zero-order valence-electron chi connectivity index (χ0n) is 19.9. The molecule has 0 aliphatic carbocycles. The molecule has 10 nitrogen and oxygen atoms in total. The fraction of sp³-hybridized carbons (Fsp3) is 0.148. The van der Waals surface area contributed by atoms with Crippen molar-refractivity contribution < 1.29 is 29.1 Å². The van der Waals surface area contributed by atoms with Gasteiger partial charge in [0.2, 0.25) is 0 Å². The van der Waals surface area contributed by atoms with Gasteiger partial charge in [-0.25, -0.2) is 4.98 Å². The lowest BCUT2D eigenvalue weighted by Gasteiger charge is -2.23. The number of benzene rings is 3. The Hall–Kier alpha value is -4.77. The molecule has 3 aromatic carbocycles. The maximum atomic E-state index is 13.4. The highest BCUT2D eigenvalue weighted by Gasteiger charge is 2.48. The fourth-order valence-electron chi connectivity index (χ4n) is 4.59. The Labute approximate surface area is 219 Å². The van der Waals surface area contributed by atoms with Gasteiger partial charge in [0.1, 0.15) is 19.0 Å². The minimum Gasteiger partial charge on any atom is -0.507 e. The molecular formula is C27H19N3O7S. The van der Waals surface area contributed by atoms with Gasteiger partial charge in [-0.3, -0.25) is 24.6 Å². The van der Waals surface area contributed by atoms with Crippen molar-refractivity contribution in [1.29, 1.82) is 0 Å². The summed E-state index contributed by atoms with van der Waals surface area (Å²) >= 11 is 1.24. The Morgan fingerprint density at radius 1 is 1.05 bits per heavy atom. The third kappa shape index (κ3) is 3.84. The lowest BCUT2D eigenvalue weighted by Crippen LogP contribution is -2.29. The van der Waals surface area contributed by atoms with Crippen molar-refractivity contribution in [3.63, 3.8) is 0 Å². The van der Waals surface area contributed by atoms with Crippen molar-refractivity contribution >= 4 is 49.8 Å². The number of ether oxygens (including phenoxy) is 2. The summed E-state index contributed by atoms with van der Waals surface area (Å²) in [5, 5.41) is 22.9. The summed E-state index contributed by atoms with van der Waals surface area (Å²) in [5.41, 5.74) is 2.04. The van der Waals surface area contributed by atoms with Gasteiger partial charge in [0.05, 0.1) is 26.8 Å². The van der Waals surface area contributed by atoms with Gasteiger partial charge in [-0.2, -0.15) is 0 Å². The number of rotatable bonds is 4. The number of hydrogen-bond acceptors (Lipinski definition) is 9. The fourth-order valence-corrected chi connectivity index (χ4v) is 5.68. The average Bonchev–Trinajstić information content (AvgIpc) is 3.45. The zero-order chi connectivity index (χ0) is 26.6. The predicted octanol–water partition coefficient (Wildman–Crippen LogP) is 4.91. The molecule has 0 saturated carbocycles. The SMILES string of the molecule is Cc1ccc2nc(N3C(=O)C(=O)/C(=C(/O)c4ccc5c(c4)OCCO5)C3c3ccc([N+](=O)[O-])cc3)sc2c1. The van der Waals surface area contributed by atoms with Gasteiger partial charge in [-0.05, 0) is 60.5 Å². The molecule has 11 heteroatoms. The van der Waals surface area contributed by atoms with Crippen molar-refractivity contribution in [2.45, 2.75) is 13.0 Å². The molecule has 0 bridgehead atoms. The van der Waals surface area contributed by atoms with Gasteiger partial charge in [0.25, 0.3) is 11.5 Å². The monoisotopic (exact) mass is 529 g/mol. The Bertz CT molecular complexity index is 1680. The van der Waals surface area contributed by atoms with Crippen LogP contribution in [0.25, 0.3) is 16.0 Å². The molecule has 4 aromatic rings. The average molecular weight is 530 g/mol. The topological polar surface area (TPSA) is 132 Å². The van der Waals surface area contributed by atoms with E-state index in [9.17, 15) is 24.8 Å². The van der Waals surface area contributed by atoms with Gasteiger partial charge in [0.15, 0.2) is 16.6 Å². The number of Topliss-reactive ketones (excluding diaryl/α,β-unsaturated/α-hetero) is 1. The van der Waals surface area contributed by atoms with Gasteiger partial charge < -0.3 is 14.6 Å². The molecule has 3 heterocycles. The Morgan fingerprint density at radius 2 is 1.79 bits per heavy atom. The molecule has 38 heavy (non-hydrogen) atoms. The third-order valence-corrected chi connectivity index (χ3v) is 7.44. The second kappa shape index (κ2) is 8.96. The van der Waals surface area contributed by atoms with Crippen molar-refractivity contribution in [2.75, 3.05) is 18.1 Å². The second-order valence-electron chi connectivity index (χ2n) is 8.84. The van der Waals surface area contributed by atoms with E-state index in [1.807, 2.05) is 25.1 Å². The van der Waals surface area contributed by atoms with Crippen molar-refractivity contribution in [3.05, 3.63) is 93.0 Å². The lowest BCUT2D eigenvalue weighted by molar-refractivity contribution is -0.384. The van der Waals surface area contributed by atoms with Crippen molar-refractivity contribution in [3.8, 4) is 11.5 Å². The number of anilines is 1. The number of thiazole rings is 1. The molecule has 2 aliphatic heterocycles. The van der Waals surface area contributed by atoms with E-state index in [-0.39, 0.29) is 22.0 Å². The summed E-state index contributed by atoms with van der Waals surface area (Å²) in [5.74, 6) is -1.24. The largest absolute Gasteiger partial charge is 0.507 e. The second-order valence-corrected chi connectivity index (χ2v) is 9.85. The minimum absolute atomic E-state index is 0.145. The number of nitro groups is 1. The van der Waals surface area contributed by atoms with Crippen LogP contribution in [-0.2, 0) is 9.59 Å². The van der Waals surface area contributed by atoms with E-state index >= 15 is 0 Å². The maximum absolute atomic E-state index is 13.4. The number of aryl methyl sites for hydroxylation is 1. The number of carbonyl (C=O) groups is 2. The molecule has 1 atom stereocenters. The molecule has 0 radical (unpaired) electrons. The molecule has 1 amide bonds. The summed E-state index contributed by atoms with van der Waals surface area (Å²) in [7, 11) is 0. The van der Waals surface area contributed by atoms with Crippen LogP contribution in [0.3, 0.4) is 0 Å². The first-order valence-corrected chi connectivity index (χ1v) is 12.5. The van der Waals surface area contributed by atoms with Crippen LogP contribution < -0.4 is 14.4 Å². The van der Waals surface area contributed by atoms with Crippen LogP contribution in [0.1, 0.15) is 22.7 Å². The van der Waals surface area contributed by atoms with Crippen LogP contribution in [0.4, 0.5) is 10.8 Å². The number of fused-ring (bicyclic) bond motifs is 2. The standard InChI is InChI=1S/C27H19N3O7S/c1-14-2-8-18-21(12-14)38-27(28-18)29-23(15-3-6-17(7-4-15)30(34)35)22(25(32)26(29)33)24(31)16-5-9-19-20(13-16)37-11-10-36-19/h2-9,12-13,23,31H,10-11H2,1H3/b24-22+. The number of aliphatic hydroxyl groups is 1. The third-order valence-electron chi connectivity index (χ3n) is 6.42. The summed E-state index contributed by atoms with van der Waals surface area (Å²) in [6, 6.07) is 14.9. The number of nitro benzene ring substituents is 1. The molecule has 190 valence electrons. The van der Waals surface area contributed by atoms with E-state index in [0.29, 0.717) is 35.8 Å². The summed E-state index contributed by atoms with van der Waals surface area (Å²) in [6.07, 6.45) is 0. The van der Waals surface area contributed by atoms with E-state index in [0.717, 1.165) is 10.3 Å². The van der Waals surface area contributed by atoms with E-state index in [4.69, 9.17) is 9.47 Å². The smallest absolute Gasteiger partial charge is 0.301 e. The summed E-state index contributed by atoms with van der Waals surface area (Å²) < 4.78 is 12.0. The number of non-ortho nitro benzene ring substituents is 1. The number of aromatic nitrogens is 1. The van der Waals surface area contributed by atoms with E-state index < -0.39 is 28.4 Å². The highest BCUT2D eigenvalue weighted by Crippen LogP contribution is 2.45. The highest BCUT2D eigenvalue weighted by molar-refractivity contribution is 7.22. The quantitative estimate of drug-likeness (QED) is 0.130. The summed E-state index contributed by atoms with van der Waals surface area (Å²) in [4.78, 5) is 43.4. The van der Waals surface area contributed by atoms with Crippen LogP contribution in [0.2, 0.25) is 0 Å². The van der Waals surface area contributed by atoms with Crippen LogP contribution in [-0.4, -0.2) is 39.9 Å². The molecule has 1 fully saturated rings. The minimum atomic E-state index is -1.06. The van der Waals surface area contributed by atoms with Gasteiger partial charge in [0, 0.05) is 17.7 Å². The Balaban J connectivity index is 1.53. The number of nitrogens with zero attached hydrogens (tertiary/aromatic N) is 3. The number of ketones is 1. The summed E-state index contributed by atoms with van der Waals surface area (Å²) in [6.45, 7) is 2.67. The Morgan fingerprint density at radius 3 is 2.53 bits per heavy atom. The molecule has 1 N–H and O–H groups in total. The number of hydrogen-bond donors (Lipinski definition) is 1. The lowest BCUT2D eigenvalue weighted by atomic mass is 9.95. The molecule has 0 spiro atoms. The van der Waals surface area contributed by atoms with Crippen molar-refractivity contribution in [1.82, 2.24) is 4.98 Å². The van der Waals surface area contributed by atoms with Gasteiger partial charge >= 0.3 is 5.91 Å². The molecule has 1 unspecified atom stereocenters. The normalized spacial score (nSPS) is 18.2. The maximum Gasteiger partial charge on any atom is 0.301 e. The number of carbonyl (C=O) groups excluding carboxylic acids is 2. The first-order chi connectivity index (χ1) is 18.3. The first kappa shape index (κ1) is 23.6. The zero-order valence-corrected chi connectivity index (χ0v) is 20.7. The van der Waals surface area contributed by atoms with E-state index in [1.54, 1.807) is 18.2 Å². The van der Waals surface area contributed by atoms with Gasteiger partial charge in [-0.15, -0.1) is 0 Å². The molecule has 1 aromatic heterocycles. The highest BCUT2D eigenvalue weighted by atomic mass is 32.1. The van der Waals surface area contributed by atoms with Crippen LogP contribution in [0.15, 0.2) is 66.2 Å². The first-order valence-electron chi connectivity index (χ1n) is 11.6. The van der Waals surface area contributed by atoms with E-state index in [2.05, 4.69) is 4.98 Å².